The van der Waals surface area contributed by atoms with Crippen molar-refractivity contribution in [3.63, 3.8) is 0 Å². The summed E-state index contributed by atoms with van der Waals surface area (Å²) in [5.41, 5.74) is 5.91. The lowest BCUT2D eigenvalue weighted by atomic mass is 10.1. The van der Waals surface area contributed by atoms with Crippen molar-refractivity contribution in [1.29, 1.82) is 0 Å². The second kappa shape index (κ2) is 4.93. The second-order valence-corrected chi connectivity index (χ2v) is 6.68. The normalized spacial score (nSPS) is 21.7. The van der Waals surface area contributed by atoms with Crippen LogP contribution in [-0.2, 0) is 9.84 Å². The molecule has 1 atom stereocenters. The van der Waals surface area contributed by atoms with Gasteiger partial charge in [-0.2, -0.15) is 0 Å². The van der Waals surface area contributed by atoms with Gasteiger partial charge in [0.2, 0.25) is 0 Å². The number of rotatable bonds is 3. The molecular weight excluding hydrogens is 254 g/mol. The van der Waals surface area contributed by atoms with Gasteiger partial charge in [0.05, 0.1) is 11.5 Å². The molecule has 1 aliphatic heterocycles. The van der Waals surface area contributed by atoms with Gasteiger partial charge in [0.1, 0.15) is 5.82 Å². The van der Waals surface area contributed by atoms with Gasteiger partial charge in [0, 0.05) is 18.3 Å². The first kappa shape index (κ1) is 12.8. The van der Waals surface area contributed by atoms with Crippen LogP contribution >= 0.6 is 0 Å². The highest BCUT2D eigenvalue weighted by molar-refractivity contribution is 7.91. The monoisotopic (exact) mass is 269 g/mol. The topological polar surface area (TPSA) is 102 Å². The third-order valence-electron chi connectivity index (χ3n) is 2.92. The van der Waals surface area contributed by atoms with Crippen LogP contribution in [0.2, 0.25) is 0 Å². The van der Waals surface area contributed by atoms with Crippen LogP contribution in [0, 0.1) is 5.92 Å². The van der Waals surface area contributed by atoms with Crippen molar-refractivity contribution < 1.29 is 13.2 Å². The summed E-state index contributed by atoms with van der Waals surface area (Å²) in [7, 11) is -2.90. The Morgan fingerprint density at radius 1 is 1.56 bits per heavy atom. The quantitative estimate of drug-likeness (QED) is 0.793. The van der Waals surface area contributed by atoms with E-state index in [1.54, 1.807) is 6.07 Å². The lowest BCUT2D eigenvalue weighted by Crippen LogP contribution is -2.29. The van der Waals surface area contributed by atoms with Crippen LogP contribution in [0.5, 0.6) is 0 Å². The van der Waals surface area contributed by atoms with Crippen molar-refractivity contribution in [3.05, 3.63) is 23.9 Å². The minimum absolute atomic E-state index is 0.0122. The molecule has 0 bridgehead atoms. The summed E-state index contributed by atoms with van der Waals surface area (Å²) in [4.78, 5) is 15.6. The Bertz CT molecular complexity index is 556. The Kier molecular flexibility index (Phi) is 3.51. The minimum Gasteiger partial charge on any atom is -0.384 e. The maximum atomic E-state index is 11.8. The summed E-state index contributed by atoms with van der Waals surface area (Å²) in [5.74, 6) is 0.416. The fourth-order valence-electron chi connectivity index (χ4n) is 1.96. The number of pyridine rings is 1. The molecule has 18 heavy (non-hydrogen) atoms. The number of hydrogen-bond donors (Lipinski definition) is 2. The Labute approximate surface area is 106 Å². The van der Waals surface area contributed by atoms with Gasteiger partial charge in [-0.25, -0.2) is 13.4 Å². The smallest absolute Gasteiger partial charge is 0.251 e. The van der Waals surface area contributed by atoms with E-state index in [1.165, 1.54) is 12.3 Å². The molecule has 3 N–H and O–H groups in total. The molecular formula is C11H15N3O3S. The van der Waals surface area contributed by atoms with E-state index < -0.39 is 9.84 Å². The van der Waals surface area contributed by atoms with Gasteiger partial charge in [-0.3, -0.25) is 4.79 Å². The molecule has 7 heteroatoms. The third-order valence-corrected chi connectivity index (χ3v) is 4.76. The maximum Gasteiger partial charge on any atom is 0.251 e. The van der Waals surface area contributed by atoms with Crippen LogP contribution in [0.3, 0.4) is 0 Å². The molecule has 1 saturated heterocycles. The molecule has 0 spiro atoms. The van der Waals surface area contributed by atoms with Crippen LogP contribution in [-0.4, -0.2) is 37.4 Å². The fourth-order valence-corrected chi connectivity index (χ4v) is 3.82. The van der Waals surface area contributed by atoms with E-state index in [-0.39, 0.29) is 29.1 Å². The number of nitrogens with zero attached hydrogens (tertiary/aromatic N) is 1. The standard InChI is InChI=1S/C11H15N3O3S/c12-10-5-9(1-3-13-10)11(15)14-6-8-2-4-18(16,17)7-8/h1,3,5,8H,2,4,6-7H2,(H2,12,13)(H,14,15). The van der Waals surface area contributed by atoms with E-state index in [4.69, 9.17) is 5.73 Å². The van der Waals surface area contributed by atoms with Gasteiger partial charge in [0.15, 0.2) is 9.84 Å². The van der Waals surface area contributed by atoms with E-state index in [9.17, 15) is 13.2 Å². The Balaban J connectivity index is 1.90. The first-order valence-corrected chi connectivity index (χ1v) is 7.48. The number of carbonyl (C=O) groups excluding carboxylic acids is 1. The molecule has 1 unspecified atom stereocenters. The SMILES string of the molecule is Nc1cc(C(=O)NCC2CCS(=O)(=O)C2)ccn1. The zero-order chi connectivity index (χ0) is 13.2. The zero-order valence-corrected chi connectivity index (χ0v) is 10.6. The van der Waals surface area contributed by atoms with Crippen molar-refractivity contribution in [1.82, 2.24) is 10.3 Å². The summed E-state index contributed by atoms with van der Waals surface area (Å²) in [6.07, 6.45) is 2.07. The number of aromatic nitrogens is 1. The van der Waals surface area contributed by atoms with Gasteiger partial charge >= 0.3 is 0 Å². The number of hydrogen-bond acceptors (Lipinski definition) is 5. The van der Waals surface area contributed by atoms with Gasteiger partial charge in [-0.05, 0) is 24.5 Å². The van der Waals surface area contributed by atoms with Crippen LogP contribution in [0.15, 0.2) is 18.3 Å². The number of nitrogen functional groups attached to an aromatic ring is 1. The van der Waals surface area contributed by atoms with Gasteiger partial charge in [-0.15, -0.1) is 0 Å². The molecule has 6 nitrogen and oxygen atoms in total. The average Bonchev–Trinajstić information content (AvgIpc) is 2.66. The van der Waals surface area contributed by atoms with Crippen molar-refractivity contribution in [2.45, 2.75) is 6.42 Å². The Morgan fingerprint density at radius 2 is 2.33 bits per heavy atom. The number of carbonyl (C=O) groups is 1. The highest BCUT2D eigenvalue weighted by atomic mass is 32.2. The third kappa shape index (κ3) is 3.19. The highest BCUT2D eigenvalue weighted by Crippen LogP contribution is 2.17. The largest absolute Gasteiger partial charge is 0.384 e. The molecule has 0 saturated carbocycles. The lowest BCUT2D eigenvalue weighted by Gasteiger charge is -2.09. The minimum atomic E-state index is -2.90. The van der Waals surface area contributed by atoms with Gasteiger partial charge < -0.3 is 11.1 Å². The molecule has 1 aromatic heterocycles. The molecule has 1 amide bonds. The fraction of sp³-hybridized carbons (Fsp3) is 0.455. The van der Waals surface area contributed by atoms with E-state index in [0.717, 1.165) is 0 Å². The second-order valence-electron chi connectivity index (χ2n) is 4.45. The summed E-state index contributed by atoms with van der Waals surface area (Å²) >= 11 is 0. The molecule has 1 aliphatic rings. The van der Waals surface area contributed by atoms with Crippen molar-refractivity contribution in [2.24, 2.45) is 5.92 Å². The number of anilines is 1. The highest BCUT2D eigenvalue weighted by Gasteiger charge is 2.27. The predicted molar refractivity (Wildman–Crippen MR) is 67.7 cm³/mol. The molecule has 1 aromatic rings. The molecule has 98 valence electrons. The average molecular weight is 269 g/mol. The van der Waals surface area contributed by atoms with Crippen LogP contribution in [0.4, 0.5) is 5.82 Å². The van der Waals surface area contributed by atoms with E-state index >= 15 is 0 Å². The molecule has 0 aliphatic carbocycles. The van der Waals surface area contributed by atoms with Crippen LogP contribution in [0.25, 0.3) is 0 Å². The van der Waals surface area contributed by atoms with Crippen molar-refractivity contribution in [3.8, 4) is 0 Å². The molecule has 0 aromatic carbocycles. The lowest BCUT2D eigenvalue weighted by molar-refractivity contribution is 0.0948. The van der Waals surface area contributed by atoms with Crippen molar-refractivity contribution in [2.75, 3.05) is 23.8 Å². The van der Waals surface area contributed by atoms with E-state index in [0.29, 0.717) is 18.5 Å². The van der Waals surface area contributed by atoms with Gasteiger partial charge in [0.25, 0.3) is 5.91 Å². The Morgan fingerprint density at radius 3 is 2.94 bits per heavy atom. The Hall–Kier alpha value is -1.63. The van der Waals surface area contributed by atoms with Crippen LogP contribution in [0.1, 0.15) is 16.8 Å². The molecule has 1 fully saturated rings. The number of amides is 1. The first-order chi connectivity index (χ1) is 8.46. The molecule has 0 radical (unpaired) electrons. The first-order valence-electron chi connectivity index (χ1n) is 5.66. The number of nitrogens with one attached hydrogen (secondary N) is 1. The van der Waals surface area contributed by atoms with Crippen LogP contribution < -0.4 is 11.1 Å². The predicted octanol–water partition coefficient (Wildman–Crippen LogP) is -0.172. The molecule has 2 heterocycles. The van der Waals surface area contributed by atoms with E-state index in [1.807, 2.05) is 0 Å². The zero-order valence-electron chi connectivity index (χ0n) is 9.80. The number of sulfone groups is 1. The summed E-state index contributed by atoms with van der Waals surface area (Å²) in [6, 6.07) is 3.05. The summed E-state index contributed by atoms with van der Waals surface area (Å²) < 4.78 is 22.5. The van der Waals surface area contributed by atoms with Gasteiger partial charge in [-0.1, -0.05) is 0 Å². The maximum absolute atomic E-state index is 11.8. The van der Waals surface area contributed by atoms with Crippen molar-refractivity contribution >= 4 is 21.6 Å². The summed E-state index contributed by atoms with van der Waals surface area (Å²) in [6.45, 7) is 0.375. The number of nitrogens with two attached hydrogens (primary N) is 1. The van der Waals surface area contributed by atoms with E-state index in [2.05, 4.69) is 10.3 Å². The molecule has 2 rings (SSSR count). The summed E-state index contributed by atoms with van der Waals surface area (Å²) in [5, 5.41) is 2.72.